The van der Waals surface area contributed by atoms with Gasteiger partial charge in [0.25, 0.3) is 5.91 Å². The molecule has 6 nitrogen and oxygen atoms in total. The van der Waals surface area contributed by atoms with Crippen LogP contribution in [-0.4, -0.2) is 50.0 Å². The van der Waals surface area contributed by atoms with Crippen LogP contribution >= 0.6 is 22.6 Å². The van der Waals surface area contributed by atoms with E-state index in [1.807, 2.05) is 0 Å². The van der Waals surface area contributed by atoms with Crippen LogP contribution in [0.2, 0.25) is 0 Å². The summed E-state index contributed by atoms with van der Waals surface area (Å²) in [6.07, 6.45) is 1.96. The van der Waals surface area contributed by atoms with Gasteiger partial charge in [-0.2, -0.15) is 0 Å². The molecule has 25 heavy (non-hydrogen) atoms. The number of unbranched alkanes of at least 4 members (excludes halogenated alkanes) is 1. The second-order valence-electron chi connectivity index (χ2n) is 6.25. The summed E-state index contributed by atoms with van der Waals surface area (Å²) < 4.78 is 6.10. The molecule has 140 valence electrons. The monoisotopic (exact) mass is 457 g/mol. The van der Waals surface area contributed by atoms with Crippen molar-refractivity contribution in [2.75, 3.05) is 32.6 Å². The van der Waals surface area contributed by atoms with E-state index in [2.05, 4.69) is 59.0 Å². The van der Waals surface area contributed by atoms with Gasteiger partial charge in [-0.05, 0) is 68.9 Å². The molecule has 0 radical (unpaired) electrons. The molecule has 0 fully saturated rings. The van der Waals surface area contributed by atoms with Crippen molar-refractivity contribution in [3.63, 3.8) is 0 Å². The molecule has 2 N–H and O–H groups in total. The summed E-state index contributed by atoms with van der Waals surface area (Å²) in [5.74, 6) is 0.117. The number of benzene rings is 1. The third-order valence-electron chi connectivity index (χ3n) is 3.95. The number of hydrogen-bond acceptors (Lipinski definition) is 4. The Kier molecular flexibility index (Phi) is 9.20. The number of anilines is 1. The summed E-state index contributed by atoms with van der Waals surface area (Å²) in [6.45, 7) is 7.42. The lowest BCUT2D eigenvalue weighted by Gasteiger charge is -2.20. The Balaban J connectivity index is 2.63. The van der Waals surface area contributed by atoms with Crippen molar-refractivity contribution < 1.29 is 14.3 Å². The van der Waals surface area contributed by atoms with E-state index in [0.29, 0.717) is 29.6 Å². The number of halogens is 1. The highest BCUT2D eigenvalue weighted by Crippen LogP contribution is 2.28. The molecule has 0 aliphatic carbocycles. The molecule has 1 aromatic carbocycles. The van der Waals surface area contributed by atoms with Crippen LogP contribution in [-0.2, 0) is 4.79 Å². The van der Waals surface area contributed by atoms with E-state index in [1.54, 1.807) is 12.1 Å². The molecule has 1 aromatic rings. The zero-order valence-electron chi connectivity index (χ0n) is 15.6. The molecule has 0 aliphatic heterocycles. The Hall–Kier alpha value is -1.35. The topological polar surface area (TPSA) is 70.7 Å². The van der Waals surface area contributed by atoms with Gasteiger partial charge in [0.2, 0.25) is 5.91 Å². The van der Waals surface area contributed by atoms with Gasteiger partial charge in [-0.25, -0.2) is 0 Å². The molecule has 0 bridgehead atoms. The van der Waals surface area contributed by atoms with Crippen molar-refractivity contribution in [1.82, 2.24) is 10.2 Å². The Bertz CT molecular complexity index is 605. The number of hydrogen-bond donors (Lipinski definition) is 2. The lowest BCUT2D eigenvalue weighted by atomic mass is 10.1. The molecule has 0 atom stereocenters. The average Bonchev–Trinajstić information content (AvgIpc) is 2.55. The molecule has 0 spiro atoms. The molecule has 0 aliphatic rings. The van der Waals surface area contributed by atoms with Crippen molar-refractivity contribution in [3.05, 3.63) is 21.3 Å². The number of carbonyl (C=O) groups excluding carboxylic acids is 2. The minimum atomic E-state index is -0.165. The summed E-state index contributed by atoms with van der Waals surface area (Å²) in [7, 11) is 3.62. The van der Waals surface area contributed by atoms with Gasteiger partial charge in [-0.3, -0.25) is 9.59 Å². The molecule has 0 aromatic heterocycles. The largest absolute Gasteiger partial charge is 0.496 e. The Labute approximate surface area is 163 Å². The summed E-state index contributed by atoms with van der Waals surface area (Å²) in [4.78, 5) is 25.9. The van der Waals surface area contributed by atoms with Crippen molar-refractivity contribution in [2.45, 2.75) is 39.7 Å². The van der Waals surface area contributed by atoms with Crippen LogP contribution in [0.25, 0.3) is 0 Å². The quantitative estimate of drug-likeness (QED) is 0.442. The fourth-order valence-electron chi connectivity index (χ4n) is 2.23. The highest BCUT2D eigenvalue weighted by Gasteiger charge is 2.16. The van der Waals surface area contributed by atoms with Gasteiger partial charge in [-0.15, -0.1) is 0 Å². The van der Waals surface area contributed by atoms with Gasteiger partial charge in [0.1, 0.15) is 5.75 Å². The molecular weight excluding hydrogens is 429 g/mol. The highest BCUT2D eigenvalue weighted by molar-refractivity contribution is 14.1. The van der Waals surface area contributed by atoms with Crippen molar-refractivity contribution >= 4 is 40.1 Å². The number of nitrogens with zero attached hydrogens (tertiary/aromatic N) is 1. The van der Waals surface area contributed by atoms with Gasteiger partial charge in [0, 0.05) is 29.1 Å². The Morgan fingerprint density at radius 3 is 2.52 bits per heavy atom. The van der Waals surface area contributed by atoms with Crippen LogP contribution in [0.3, 0.4) is 0 Å². The molecule has 0 saturated heterocycles. The predicted octanol–water partition coefficient (Wildman–Crippen LogP) is 3.11. The number of amides is 2. The fourth-order valence-corrected chi connectivity index (χ4v) is 2.83. The first-order valence-electron chi connectivity index (χ1n) is 8.39. The van der Waals surface area contributed by atoms with Crippen molar-refractivity contribution in [2.24, 2.45) is 0 Å². The number of rotatable bonds is 9. The van der Waals surface area contributed by atoms with E-state index in [1.165, 1.54) is 14.0 Å². The van der Waals surface area contributed by atoms with E-state index in [9.17, 15) is 9.59 Å². The highest BCUT2D eigenvalue weighted by atomic mass is 123. The van der Waals surface area contributed by atoms with Crippen LogP contribution in [0.4, 0.5) is 5.69 Å². The van der Waals surface area contributed by atoms with Crippen LogP contribution in [0, 0.1) is 3.57 Å². The zero-order chi connectivity index (χ0) is 19.0. The Morgan fingerprint density at radius 1 is 1.28 bits per heavy atom. The molecule has 0 saturated carbocycles. The van der Waals surface area contributed by atoms with E-state index >= 15 is 0 Å². The molecule has 0 unspecified atom stereocenters. The van der Waals surface area contributed by atoms with E-state index in [0.717, 1.165) is 23.0 Å². The third-order valence-corrected chi connectivity index (χ3v) is 4.84. The van der Waals surface area contributed by atoms with Gasteiger partial charge >= 0.3 is 0 Å². The molecule has 7 heteroatoms. The summed E-state index contributed by atoms with van der Waals surface area (Å²) in [5, 5.41) is 5.67. The van der Waals surface area contributed by atoms with Gasteiger partial charge in [0.05, 0.1) is 18.4 Å². The summed E-state index contributed by atoms with van der Waals surface area (Å²) >= 11 is 2.09. The smallest absolute Gasteiger partial charge is 0.255 e. The number of methoxy groups -OCH3 is 1. The maximum Gasteiger partial charge on any atom is 0.255 e. The number of ether oxygens (including phenoxy) is 1. The fraction of sp³-hybridized carbons (Fsp3) is 0.556. The maximum atomic E-state index is 12.4. The Morgan fingerprint density at radius 2 is 1.96 bits per heavy atom. The first-order valence-corrected chi connectivity index (χ1v) is 9.47. The minimum absolute atomic E-state index is 0.163. The van der Waals surface area contributed by atoms with Crippen LogP contribution in [0.1, 0.15) is 44.0 Å². The SMILES string of the molecule is COc1cc(NC(C)=O)c([123I])cc1C(=O)NCCCCN(C)C(C)C. The van der Waals surface area contributed by atoms with Crippen molar-refractivity contribution in [3.8, 4) is 5.75 Å². The summed E-state index contributed by atoms with van der Waals surface area (Å²) in [6, 6.07) is 3.94. The number of nitrogens with one attached hydrogen (secondary N) is 2. The van der Waals surface area contributed by atoms with E-state index in [4.69, 9.17) is 4.74 Å². The predicted molar refractivity (Wildman–Crippen MR) is 109 cm³/mol. The second-order valence-corrected chi connectivity index (χ2v) is 7.41. The van der Waals surface area contributed by atoms with Gasteiger partial charge in [-0.1, -0.05) is 0 Å². The molecule has 2 amide bonds. The first-order chi connectivity index (χ1) is 11.8. The maximum absolute atomic E-state index is 12.4. The van der Waals surface area contributed by atoms with Gasteiger partial charge in [0.15, 0.2) is 0 Å². The first kappa shape index (κ1) is 21.7. The second kappa shape index (κ2) is 10.6. The van der Waals surface area contributed by atoms with Crippen LogP contribution < -0.4 is 15.4 Å². The van der Waals surface area contributed by atoms with E-state index in [-0.39, 0.29) is 11.8 Å². The summed E-state index contributed by atoms with van der Waals surface area (Å²) in [5.41, 5.74) is 1.11. The van der Waals surface area contributed by atoms with Gasteiger partial charge < -0.3 is 20.3 Å². The average molecular weight is 457 g/mol. The minimum Gasteiger partial charge on any atom is -0.496 e. The zero-order valence-corrected chi connectivity index (χ0v) is 17.8. The lowest BCUT2D eigenvalue weighted by molar-refractivity contribution is -0.114. The van der Waals surface area contributed by atoms with Crippen molar-refractivity contribution in [1.29, 1.82) is 0 Å². The molecule has 0 heterocycles. The third kappa shape index (κ3) is 7.19. The molecular formula is C18H28IN3O3. The number of carbonyl (C=O) groups is 2. The lowest BCUT2D eigenvalue weighted by Crippen LogP contribution is -2.29. The molecule has 1 rings (SSSR count). The van der Waals surface area contributed by atoms with E-state index < -0.39 is 0 Å². The normalized spacial score (nSPS) is 10.9. The van der Waals surface area contributed by atoms with Crippen LogP contribution in [0.5, 0.6) is 5.75 Å². The van der Waals surface area contributed by atoms with Crippen LogP contribution in [0.15, 0.2) is 12.1 Å². The standard InChI is InChI=1S/C18H28IN3O3/c1-12(2)22(4)9-7-6-8-20-18(24)14-10-15(19)16(21-13(3)23)11-17(14)25-5/h10-12H,6-9H2,1-5H3,(H,20,24)(H,21,23)/i19-4.